The normalized spacial score (nSPS) is 10.4. The van der Waals surface area contributed by atoms with Crippen LogP contribution in [-0.4, -0.2) is 11.4 Å². The van der Waals surface area contributed by atoms with Crippen LogP contribution in [0.1, 0.15) is 15.9 Å². The third kappa shape index (κ3) is 1.16. The highest BCUT2D eigenvalue weighted by molar-refractivity contribution is 6.02. The number of phenolic OH excluding ortho intramolecular Hbond substituents is 1. The zero-order valence-corrected chi connectivity index (χ0v) is 7.82. The largest absolute Gasteiger partial charge is 0.507 e. The molecular formula is C12H10O2. The lowest BCUT2D eigenvalue weighted by atomic mass is 10.00. The first kappa shape index (κ1) is 8.75. The van der Waals surface area contributed by atoms with Crippen LogP contribution in [0.5, 0.6) is 5.75 Å². The minimum Gasteiger partial charge on any atom is -0.507 e. The van der Waals surface area contributed by atoms with Crippen molar-refractivity contribution in [3.8, 4) is 5.75 Å². The summed E-state index contributed by atoms with van der Waals surface area (Å²) in [6.07, 6.45) is 0.830. The number of hydrogen-bond acceptors (Lipinski definition) is 2. The van der Waals surface area contributed by atoms with E-state index in [1.807, 2.05) is 25.1 Å². The second-order valence-corrected chi connectivity index (χ2v) is 3.29. The van der Waals surface area contributed by atoms with E-state index in [4.69, 9.17) is 0 Å². The average molecular weight is 186 g/mol. The molecule has 0 fully saturated rings. The number of phenols is 1. The molecule has 0 bridgehead atoms. The number of benzene rings is 2. The number of aromatic hydroxyl groups is 1. The van der Waals surface area contributed by atoms with Gasteiger partial charge >= 0.3 is 0 Å². The van der Waals surface area contributed by atoms with E-state index in [-0.39, 0.29) is 5.75 Å². The first-order chi connectivity index (χ1) is 6.74. The Balaban J connectivity index is 2.97. The monoisotopic (exact) mass is 186 g/mol. The fraction of sp³-hybridized carbons (Fsp3) is 0.0833. The first-order valence-electron chi connectivity index (χ1n) is 4.40. The predicted molar refractivity (Wildman–Crippen MR) is 55.7 cm³/mol. The Labute approximate surface area is 81.8 Å². The average Bonchev–Trinajstić information content (AvgIpc) is 2.18. The van der Waals surface area contributed by atoms with Gasteiger partial charge in [-0.05, 0) is 23.9 Å². The maximum absolute atomic E-state index is 10.9. The molecule has 70 valence electrons. The zero-order valence-electron chi connectivity index (χ0n) is 7.82. The Bertz CT molecular complexity index is 501. The molecule has 0 heterocycles. The van der Waals surface area contributed by atoms with Gasteiger partial charge in [-0.15, -0.1) is 0 Å². The van der Waals surface area contributed by atoms with Crippen molar-refractivity contribution in [1.82, 2.24) is 0 Å². The Morgan fingerprint density at radius 3 is 2.50 bits per heavy atom. The molecule has 2 nitrogen and oxygen atoms in total. The molecule has 0 radical (unpaired) electrons. The molecule has 2 aromatic rings. The lowest BCUT2D eigenvalue weighted by Gasteiger charge is -2.06. The maximum atomic E-state index is 10.9. The Kier molecular flexibility index (Phi) is 1.97. The fourth-order valence-corrected chi connectivity index (χ4v) is 1.67. The molecule has 0 unspecified atom stereocenters. The molecule has 0 aliphatic carbocycles. The van der Waals surface area contributed by atoms with Gasteiger partial charge < -0.3 is 5.11 Å². The summed E-state index contributed by atoms with van der Waals surface area (Å²) in [5, 5.41) is 11.2. The van der Waals surface area contributed by atoms with E-state index in [1.54, 1.807) is 12.1 Å². The molecule has 14 heavy (non-hydrogen) atoms. The molecule has 2 aromatic carbocycles. The highest BCUT2D eigenvalue weighted by Gasteiger charge is 2.07. The molecule has 1 N–H and O–H groups in total. The summed E-state index contributed by atoms with van der Waals surface area (Å²) in [6.45, 7) is 1.82. The van der Waals surface area contributed by atoms with Crippen molar-refractivity contribution in [2.75, 3.05) is 0 Å². The molecule has 2 heteroatoms. The number of aldehydes is 1. The van der Waals surface area contributed by atoms with Gasteiger partial charge in [-0.1, -0.05) is 24.3 Å². The summed E-state index contributed by atoms with van der Waals surface area (Å²) in [6, 6.07) is 8.95. The summed E-state index contributed by atoms with van der Waals surface area (Å²) in [5.41, 5.74) is 1.45. The van der Waals surface area contributed by atoms with Gasteiger partial charge in [-0.25, -0.2) is 0 Å². The molecule has 0 spiro atoms. The summed E-state index contributed by atoms with van der Waals surface area (Å²) in [7, 11) is 0. The van der Waals surface area contributed by atoms with E-state index in [1.165, 1.54) is 0 Å². The van der Waals surface area contributed by atoms with Crippen molar-refractivity contribution in [3.05, 3.63) is 41.5 Å². The molecule has 0 aliphatic heterocycles. The number of carbonyl (C=O) groups excluding carboxylic acids is 1. The van der Waals surface area contributed by atoms with Crippen molar-refractivity contribution in [1.29, 1.82) is 0 Å². The van der Waals surface area contributed by atoms with E-state index in [2.05, 4.69) is 0 Å². The smallest absolute Gasteiger partial charge is 0.150 e. The molecular weight excluding hydrogens is 176 g/mol. The molecule has 0 atom stereocenters. The topological polar surface area (TPSA) is 37.3 Å². The van der Waals surface area contributed by atoms with Gasteiger partial charge in [0.15, 0.2) is 6.29 Å². The van der Waals surface area contributed by atoms with Crippen molar-refractivity contribution in [2.24, 2.45) is 0 Å². The van der Waals surface area contributed by atoms with Gasteiger partial charge in [0, 0.05) is 10.9 Å². The Hall–Kier alpha value is -1.83. The standard InChI is InChI=1S/C12H10O2/c1-8-6-12(14)10-5-3-2-4-9(10)11(8)7-13/h2-7,14H,1H3. The number of carbonyl (C=O) groups is 1. The second-order valence-electron chi connectivity index (χ2n) is 3.29. The van der Waals surface area contributed by atoms with Crippen LogP contribution in [0.25, 0.3) is 10.8 Å². The van der Waals surface area contributed by atoms with E-state index >= 15 is 0 Å². The summed E-state index contributed by atoms with van der Waals surface area (Å²) in [5.74, 6) is 0.226. The van der Waals surface area contributed by atoms with Crippen LogP contribution in [0.4, 0.5) is 0 Å². The van der Waals surface area contributed by atoms with Crippen LogP contribution in [-0.2, 0) is 0 Å². The fourth-order valence-electron chi connectivity index (χ4n) is 1.67. The third-order valence-corrected chi connectivity index (χ3v) is 2.39. The number of rotatable bonds is 1. The minimum absolute atomic E-state index is 0.226. The van der Waals surface area contributed by atoms with E-state index in [0.29, 0.717) is 5.56 Å². The quantitative estimate of drug-likeness (QED) is 0.695. The number of hydrogen-bond donors (Lipinski definition) is 1. The SMILES string of the molecule is Cc1cc(O)c2ccccc2c1C=O. The lowest BCUT2D eigenvalue weighted by Crippen LogP contribution is -1.88. The van der Waals surface area contributed by atoms with Gasteiger partial charge in [0.1, 0.15) is 5.75 Å². The predicted octanol–water partition coefficient (Wildman–Crippen LogP) is 2.67. The van der Waals surface area contributed by atoms with Gasteiger partial charge in [-0.2, -0.15) is 0 Å². The molecule has 0 aromatic heterocycles. The second kappa shape index (κ2) is 3.14. The minimum atomic E-state index is 0.226. The van der Waals surface area contributed by atoms with Gasteiger partial charge in [0.25, 0.3) is 0 Å². The van der Waals surface area contributed by atoms with Crippen LogP contribution in [0.3, 0.4) is 0 Å². The van der Waals surface area contributed by atoms with E-state index in [0.717, 1.165) is 22.6 Å². The molecule has 0 saturated heterocycles. The summed E-state index contributed by atoms with van der Waals surface area (Å²) in [4.78, 5) is 10.9. The lowest BCUT2D eigenvalue weighted by molar-refractivity contribution is 0.112. The first-order valence-corrected chi connectivity index (χ1v) is 4.40. The third-order valence-electron chi connectivity index (χ3n) is 2.39. The van der Waals surface area contributed by atoms with Crippen LogP contribution in [0.2, 0.25) is 0 Å². The molecule has 2 rings (SSSR count). The van der Waals surface area contributed by atoms with Crippen molar-refractivity contribution in [2.45, 2.75) is 6.92 Å². The van der Waals surface area contributed by atoms with Crippen LogP contribution < -0.4 is 0 Å². The van der Waals surface area contributed by atoms with Gasteiger partial charge in [0.2, 0.25) is 0 Å². The molecule has 0 aliphatic rings. The van der Waals surface area contributed by atoms with Crippen molar-refractivity contribution in [3.63, 3.8) is 0 Å². The van der Waals surface area contributed by atoms with Crippen molar-refractivity contribution >= 4 is 17.1 Å². The van der Waals surface area contributed by atoms with E-state index < -0.39 is 0 Å². The maximum Gasteiger partial charge on any atom is 0.150 e. The summed E-state index contributed by atoms with van der Waals surface area (Å²) < 4.78 is 0. The van der Waals surface area contributed by atoms with Crippen LogP contribution in [0, 0.1) is 6.92 Å². The number of fused-ring (bicyclic) bond motifs is 1. The van der Waals surface area contributed by atoms with Crippen molar-refractivity contribution < 1.29 is 9.90 Å². The summed E-state index contributed by atoms with van der Waals surface area (Å²) >= 11 is 0. The van der Waals surface area contributed by atoms with Gasteiger partial charge in [-0.3, -0.25) is 4.79 Å². The van der Waals surface area contributed by atoms with Crippen LogP contribution >= 0.6 is 0 Å². The number of aryl methyl sites for hydroxylation is 1. The molecule has 0 saturated carbocycles. The Morgan fingerprint density at radius 2 is 1.86 bits per heavy atom. The Morgan fingerprint density at radius 1 is 1.21 bits per heavy atom. The highest BCUT2D eigenvalue weighted by atomic mass is 16.3. The van der Waals surface area contributed by atoms with E-state index in [9.17, 15) is 9.90 Å². The zero-order chi connectivity index (χ0) is 10.1. The molecule has 0 amide bonds. The van der Waals surface area contributed by atoms with Gasteiger partial charge in [0.05, 0.1) is 0 Å². The highest BCUT2D eigenvalue weighted by Crippen LogP contribution is 2.29. The van der Waals surface area contributed by atoms with Crippen LogP contribution in [0.15, 0.2) is 30.3 Å².